The van der Waals surface area contributed by atoms with Crippen molar-refractivity contribution in [3.8, 4) is 0 Å². The second-order valence-electron chi connectivity index (χ2n) is 6.39. The van der Waals surface area contributed by atoms with Crippen molar-refractivity contribution in [1.29, 1.82) is 0 Å². The van der Waals surface area contributed by atoms with Gasteiger partial charge in [0.15, 0.2) is 6.10 Å². The summed E-state index contributed by atoms with van der Waals surface area (Å²) in [5, 5.41) is 21.3. The van der Waals surface area contributed by atoms with E-state index >= 15 is 0 Å². The number of ether oxygens (including phenoxy) is 1. The van der Waals surface area contributed by atoms with Gasteiger partial charge in [0.05, 0.1) is 0 Å². The maximum absolute atomic E-state index is 13.3. The van der Waals surface area contributed by atoms with Crippen LogP contribution in [0.3, 0.4) is 0 Å². The Hall–Kier alpha value is -2.92. The number of carboxylic acid groups (broad SMARTS) is 1. The first kappa shape index (κ1) is 20.8. The summed E-state index contributed by atoms with van der Waals surface area (Å²) < 4.78 is 18.1. The average molecular weight is 424 g/mol. The zero-order valence-electron chi connectivity index (χ0n) is 15.1. The smallest absolute Gasteiger partial charge is 0.352 e. The van der Waals surface area contributed by atoms with E-state index in [-0.39, 0.29) is 29.2 Å². The highest BCUT2D eigenvalue weighted by molar-refractivity contribution is 8.00. The van der Waals surface area contributed by atoms with Crippen molar-refractivity contribution in [3.05, 3.63) is 46.9 Å². The van der Waals surface area contributed by atoms with E-state index in [2.05, 4.69) is 5.32 Å². The number of amides is 2. The zero-order valence-corrected chi connectivity index (χ0v) is 15.9. The number of aliphatic hydroxyl groups is 1. The SMILES string of the molecule is CC(=O)OCC1=C(C(=O)O)N2C(=O)[C@@H](NC(=O)C(O)c3cccc(F)c3)[C@H]2SC1. The third kappa shape index (κ3) is 4.10. The molecule has 2 heterocycles. The van der Waals surface area contributed by atoms with Crippen molar-refractivity contribution in [2.75, 3.05) is 12.4 Å². The lowest BCUT2D eigenvalue weighted by molar-refractivity contribution is -0.152. The van der Waals surface area contributed by atoms with E-state index in [4.69, 9.17) is 4.74 Å². The first-order chi connectivity index (χ1) is 13.7. The van der Waals surface area contributed by atoms with Gasteiger partial charge in [-0.2, -0.15) is 0 Å². The summed E-state index contributed by atoms with van der Waals surface area (Å²) in [6, 6.07) is 3.82. The van der Waals surface area contributed by atoms with Crippen molar-refractivity contribution in [1.82, 2.24) is 10.2 Å². The van der Waals surface area contributed by atoms with Gasteiger partial charge in [-0.3, -0.25) is 19.3 Å². The second-order valence-corrected chi connectivity index (χ2v) is 7.50. The molecule has 3 atom stereocenters. The van der Waals surface area contributed by atoms with E-state index in [0.717, 1.165) is 17.0 Å². The summed E-state index contributed by atoms with van der Waals surface area (Å²) in [7, 11) is 0. The molecule has 9 nitrogen and oxygen atoms in total. The van der Waals surface area contributed by atoms with Crippen molar-refractivity contribution < 1.29 is 38.5 Å². The number of thioether (sulfide) groups is 1. The van der Waals surface area contributed by atoms with Crippen LogP contribution in [0.15, 0.2) is 35.5 Å². The summed E-state index contributed by atoms with van der Waals surface area (Å²) in [6.07, 6.45) is -1.69. The summed E-state index contributed by atoms with van der Waals surface area (Å²) in [5.41, 5.74) is 0.0141. The van der Waals surface area contributed by atoms with Gasteiger partial charge in [-0.25, -0.2) is 9.18 Å². The number of fused-ring (bicyclic) bond motifs is 1. The molecule has 2 aliphatic heterocycles. The number of β-lactam (4-membered cyclic amide) rings is 1. The number of nitrogens with zero attached hydrogens (tertiary/aromatic N) is 1. The van der Waals surface area contributed by atoms with Crippen LogP contribution in [-0.2, 0) is 23.9 Å². The highest BCUT2D eigenvalue weighted by atomic mass is 32.2. The van der Waals surface area contributed by atoms with E-state index in [1.165, 1.54) is 30.8 Å². The van der Waals surface area contributed by atoms with Gasteiger partial charge in [0.25, 0.3) is 11.8 Å². The molecule has 3 rings (SSSR count). The minimum Gasteiger partial charge on any atom is -0.477 e. The highest BCUT2D eigenvalue weighted by Crippen LogP contribution is 2.40. The maximum Gasteiger partial charge on any atom is 0.352 e. The number of carboxylic acids is 1. The lowest BCUT2D eigenvalue weighted by Crippen LogP contribution is -2.71. The van der Waals surface area contributed by atoms with Gasteiger partial charge >= 0.3 is 11.9 Å². The van der Waals surface area contributed by atoms with Crippen LogP contribution in [0.25, 0.3) is 0 Å². The van der Waals surface area contributed by atoms with Gasteiger partial charge in [-0.05, 0) is 17.7 Å². The molecular weight excluding hydrogens is 407 g/mol. The Kier molecular flexibility index (Phi) is 5.89. The number of nitrogens with one attached hydrogen (secondary N) is 1. The molecule has 1 unspecified atom stereocenters. The van der Waals surface area contributed by atoms with Crippen molar-refractivity contribution in [3.63, 3.8) is 0 Å². The number of carbonyl (C=O) groups is 4. The van der Waals surface area contributed by atoms with Crippen molar-refractivity contribution >= 4 is 35.5 Å². The lowest BCUT2D eigenvalue weighted by Gasteiger charge is -2.49. The molecule has 29 heavy (non-hydrogen) atoms. The number of aliphatic hydroxyl groups excluding tert-OH is 1. The number of benzene rings is 1. The first-order valence-electron chi connectivity index (χ1n) is 8.48. The van der Waals surface area contributed by atoms with Gasteiger partial charge in [-0.15, -0.1) is 11.8 Å². The third-order valence-corrected chi connectivity index (χ3v) is 5.75. The molecule has 1 aromatic carbocycles. The number of hydrogen-bond donors (Lipinski definition) is 3. The Morgan fingerprint density at radius 3 is 2.76 bits per heavy atom. The van der Waals surface area contributed by atoms with Crippen LogP contribution in [-0.4, -0.2) is 62.6 Å². The standard InChI is InChI=1S/C18H17FN2O7S/c1-8(22)28-6-10-7-29-17-12(16(25)21(17)13(10)18(26)27)20-15(24)14(23)9-3-2-4-11(19)5-9/h2-5,12,14,17,23H,6-7H2,1H3,(H,20,24)(H,26,27)/t12-,14?,17-/m1/s1. The molecule has 0 saturated carbocycles. The number of rotatable bonds is 6. The number of aliphatic carboxylic acids is 1. The van der Waals surface area contributed by atoms with Crippen LogP contribution in [0.5, 0.6) is 0 Å². The lowest BCUT2D eigenvalue weighted by atomic mass is 10.0. The fourth-order valence-electron chi connectivity index (χ4n) is 3.04. The molecule has 154 valence electrons. The molecule has 3 N–H and O–H groups in total. The van der Waals surface area contributed by atoms with E-state index in [1.54, 1.807) is 0 Å². The summed E-state index contributed by atoms with van der Waals surface area (Å²) in [5.74, 6) is -3.95. The van der Waals surface area contributed by atoms with E-state index < -0.39 is 47.1 Å². The summed E-state index contributed by atoms with van der Waals surface area (Å²) >= 11 is 1.19. The zero-order chi connectivity index (χ0) is 21.3. The van der Waals surface area contributed by atoms with Crippen LogP contribution >= 0.6 is 11.8 Å². The second kappa shape index (κ2) is 8.21. The highest BCUT2D eigenvalue weighted by Gasteiger charge is 2.54. The largest absolute Gasteiger partial charge is 0.477 e. The van der Waals surface area contributed by atoms with E-state index in [9.17, 15) is 33.8 Å². The molecule has 0 spiro atoms. The van der Waals surface area contributed by atoms with Gasteiger partial charge < -0.3 is 20.3 Å². The van der Waals surface area contributed by atoms with E-state index in [1.807, 2.05) is 0 Å². The van der Waals surface area contributed by atoms with Crippen LogP contribution < -0.4 is 5.32 Å². The Labute approximate surface area is 168 Å². The number of carbonyl (C=O) groups excluding carboxylic acids is 3. The minimum atomic E-state index is -1.69. The molecule has 0 bridgehead atoms. The van der Waals surface area contributed by atoms with Crippen LogP contribution in [0.4, 0.5) is 4.39 Å². The molecule has 1 aromatic rings. The topological polar surface area (TPSA) is 133 Å². The summed E-state index contributed by atoms with van der Waals surface area (Å²) in [6.45, 7) is 0.930. The molecule has 0 aromatic heterocycles. The monoisotopic (exact) mass is 424 g/mol. The predicted molar refractivity (Wildman–Crippen MR) is 97.7 cm³/mol. The number of halogens is 1. The fraction of sp³-hybridized carbons (Fsp3) is 0.333. The van der Waals surface area contributed by atoms with E-state index in [0.29, 0.717) is 0 Å². The first-order valence-corrected chi connectivity index (χ1v) is 9.53. The molecule has 2 aliphatic rings. The molecular formula is C18H17FN2O7S. The number of esters is 1. The van der Waals surface area contributed by atoms with Crippen LogP contribution in [0.2, 0.25) is 0 Å². The number of hydrogen-bond acceptors (Lipinski definition) is 7. The predicted octanol–water partition coefficient (Wildman–Crippen LogP) is 0.161. The van der Waals surface area contributed by atoms with Gasteiger partial charge in [0.2, 0.25) is 0 Å². The van der Waals surface area contributed by atoms with Gasteiger partial charge in [0, 0.05) is 18.2 Å². The van der Waals surface area contributed by atoms with Crippen LogP contribution in [0.1, 0.15) is 18.6 Å². The maximum atomic E-state index is 13.3. The Morgan fingerprint density at radius 2 is 2.14 bits per heavy atom. The summed E-state index contributed by atoms with van der Waals surface area (Å²) in [4.78, 5) is 48.4. The molecule has 2 amide bonds. The quantitative estimate of drug-likeness (QED) is 0.435. The molecule has 0 aliphatic carbocycles. The third-order valence-electron chi connectivity index (χ3n) is 4.41. The Bertz CT molecular complexity index is 919. The Morgan fingerprint density at radius 1 is 1.41 bits per heavy atom. The fourth-order valence-corrected chi connectivity index (χ4v) is 4.37. The molecule has 0 radical (unpaired) electrons. The minimum absolute atomic E-state index is 0.0252. The normalized spacial score (nSPS) is 21.8. The van der Waals surface area contributed by atoms with Crippen molar-refractivity contribution in [2.45, 2.75) is 24.4 Å². The Balaban J connectivity index is 1.72. The van der Waals surface area contributed by atoms with Crippen molar-refractivity contribution in [2.24, 2.45) is 0 Å². The molecule has 11 heteroatoms. The van der Waals surface area contributed by atoms with Gasteiger partial charge in [0.1, 0.15) is 29.5 Å². The van der Waals surface area contributed by atoms with Crippen LogP contribution in [0, 0.1) is 5.82 Å². The molecule has 1 fully saturated rings. The average Bonchev–Trinajstić information content (AvgIpc) is 2.68. The molecule has 1 saturated heterocycles. The van der Waals surface area contributed by atoms with Gasteiger partial charge in [-0.1, -0.05) is 12.1 Å².